The summed E-state index contributed by atoms with van der Waals surface area (Å²) >= 11 is 2.32. The van der Waals surface area contributed by atoms with Crippen molar-refractivity contribution >= 4 is 47.5 Å². The molecule has 2 aromatic heterocycles. The zero-order valence-electron chi connectivity index (χ0n) is 20.0. The zero-order chi connectivity index (χ0) is 23.6. The number of carbonyl (C=O) groups excluding carboxylic acids is 1. The van der Waals surface area contributed by atoms with Crippen LogP contribution in [0.3, 0.4) is 0 Å². The normalized spacial score (nSPS) is 15.3. The van der Waals surface area contributed by atoms with E-state index in [4.69, 9.17) is 9.47 Å². The van der Waals surface area contributed by atoms with Crippen LogP contribution in [0.4, 0.5) is 0 Å². The Morgan fingerprint density at radius 2 is 2.00 bits per heavy atom. The Balaban J connectivity index is 1.75. The Bertz CT molecular complexity index is 1130. The van der Waals surface area contributed by atoms with Crippen LogP contribution in [0.25, 0.3) is 22.3 Å². The van der Waals surface area contributed by atoms with E-state index in [-0.39, 0.29) is 5.97 Å². The molecule has 0 saturated heterocycles. The second-order valence-electron chi connectivity index (χ2n) is 10.2. The number of halogens is 1. The first-order valence-electron chi connectivity index (χ1n) is 11.8. The van der Waals surface area contributed by atoms with Crippen molar-refractivity contribution in [2.24, 2.45) is 0 Å². The fourth-order valence-electron chi connectivity index (χ4n) is 4.71. The number of benzene rings is 1. The molecule has 3 aromatic rings. The molecule has 1 saturated carbocycles. The van der Waals surface area contributed by atoms with Crippen molar-refractivity contribution in [3.8, 4) is 11.4 Å². The Morgan fingerprint density at radius 1 is 1.24 bits per heavy atom. The van der Waals surface area contributed by atoms with Gasteiger partial charge in [0.1, 0.15) is 16.1 Å². The summed E-state index contributed by atoms with van der Waals surface area (Å²) in [5.41, 5.74) is 5.06. The lowest BCUT2D eigenvalue weighted by atomic mass is 9.82. The number of methoxy groups -OCH3 is 1. The minimum Gasteiger partial charge on any atom is -0.465 e. The standard InChI is InChI=1S/C25H34IN3O3Si/c1-31-25(30)18-10-11-19-20(14-18)28-22(21(19)17-8-6-5-7-9-17)23-24(26)27-15-29(23)16-32-12-13-33(2,3)4/h10-11,14-15,17,28H,5-9,12-13,16H2,1-4H3. The molecule has 0 radical (unpaired) electrons. The van der Waals surface area contributed by atoms with Gasteiger partial charge in [0.2, 0.25) is 0 Å². The summed E-state index contributed by atoms with van der Waals surface area (Å²) in [7, 11) is 0.285. The van der Waals surface area contributed by atoms with Gasteiger partial charge in [0.15, 0.2) is 0 Å². The van der Waals surface area contributed by atoms with Crippen LogP contribution in [0.2, 0.25) is 25.7 Å². The van der Waals surface area contributed by atoms with Crippen LogP contribution in [0.15, 0.2) is 24.5 Å². The third-order valence-corrected chi connectivity index (χ3v) is 9.02. The quantitative estimate of drug-likeness (QED) is 0.138. The lowest BCUT2D eigenvalue weighted by Gasteiger charge is -2.23. The van der Waals surface area contributed by atoms with E-state index in [0.717, 1.165) is 33.3 Å². The maximum absolute atomic E-state index is 12.1. The molecule has 178 valence electrons. The number of hydrogen-bond donors (Lipinski definition) is 1. The number of rotatable bonds is 8. The molecule has 33 heavy (non-hydrogen) atoms. The first kappa shape index (κ1) is 24.5. The number of aromatic amines is 1. The maximum Gasteiger partial charge on any atom is 0.337 e. The number of hydrogen-bond acceptors (Lipinski definition) is 4. The molecule has 1 aromatic carbocycles. The van der Waals surface area contributed by atoms with E-state index >= 15 is 0 Å². The number of esters is 1. The van der Waals surface area contributed by atoms with E-state index in [1.54, 1.807) is 0 Å². The number of carbonyl (C=O) groups is 1. The molecule has 1 fully saturated rings. The lowest BCUT2D eigenvalue weighted by molar-refractivity contribution is 0.0601. The van der Waals surface area contributed by atoms with Crippen molar-refractivity contribution in [1.29, 1.82) is 0 Å². The van der Waals surface area contributed by atoms with Gasteiger partial charge >= 0.3 is 5.97 Å². The lowest BCUT2D eigenvalue weighted by Crippen LogP contribution is -2.22. The number of imidazole rings is 1. The third kappa shape index (κ3) is 5.54. The molecule has 8 heteroatoms. The minimum absolute atomic E-state index is 0.317. The maximum atomic E-state index is 12.1. The Morgan fingerprint density at radius 3 is 2.70 bits per heavy atom. The van der Waals surface area contributed by atoms with E-state index < -0.39 is 8.07 Å². The topological polar surface area (TPSA) is 69.1 Å². The molecule has 0 spiro atoms. The second-order valence-corrected chi connectivity index (χ2v) is 16.8. The van der Waals surface area contributed by atoms with Crippen molar-refractivity contribution in [2.75, 3.05) is 13.7 Å². The molecule has 6 nitrogen and oxygen atoms in total. The SMILES string of the molecule is COC(=O)c1ccc2c(C3CCCCC3)c(-c3c(I)ncn3COCC[Si](C)(C)C)[nH]c2c1. The van der Waals surface area contributed by atoms with Crippen molar-refractivity contribution in [1.82, 2.24) is 14.5 Å². The summed E-state index contributed by atoms with van der Waals surface area (Å²) in [5.74, 6) is 0.182. The van der Waals surface area contributed by atoms with Gasteiger partial charge in [-0.15, -0.1) is 0 Å². The van der Waals surface area contributed by atoms with Gasteiger partial charge in [-0.2, -0.15) is 0 Å². The first-order valence-corrected chi connectivity index (χ1v) is 16.6. The number of nitrogens with zero attached hydrogens (tertiary/aromatic N) is 2. The van der Waals surface area contributed by atoms with Crippen LogP contribution in [0, 0.1) is 3.70 Å². The van der Waals surface area contributed by atoms with Crippen LogP contribution in [-0.2, 0) is 16.2 Å². The highest BCUT2D eigenvalue weighted by atomic mass is 127. The van der Waals surface area contributed by atoms with E-state index in [2.05, 4.69) is 62.8 Å². The van der Waals surface area contributed by atoms with E-state index in [1.165, 1.54) is 50.2 Å². The second kappa shape index (κ2) is 10.3. The van der Waals surface area contributed by atoms with E-state index in [9.17, 15) is 4.79 Å². The highest BCUT2D eigenvalue weighted by molar-refractivity contribution is 14.1. The number of nitrogens with one attached hydrogen (secondary N) is 1. The molecule has 2 heterocycles. The van der Waals surface area contributed by atoms with Crippen LogP contribution in [0.1, 0.15) is 53.9 Å². The molecule has 1 aliphatic rings. The molecule has 0 atom stereocenters. The van der Waals surface area contributed by atoms with Gasteiger partial charge in [-0.05, 0) is 65.1 Å². The minimum atomic E-state index is -1.13. The summed E-state index contributed by atoms with van der Waals surface area (Å²) < 4.78 is 14.1. The van der Waals surface area contributed by atoms with Crippen molar-refractivity contribution in [3.05, 3.63) is 39.4 Å². The van der Waals surface area contributed by atoms with Crippen LogP contribution >= 0.6 is 22.6 Å². The summed E-state index contributed by atoms with van der Waals surface area (Å²) in [6.07, 6.45) is 8.08. The number of H-pyrrole nitrogens is 1. The summed E-state index contributed by atoms with van der Waals surface area (Å²) in [6.45, 7) is 8.36. The number of fused-ring (bicyclic) bond motifs is 1. The predicted octanol–water partition coefficient (Wildman–Crippen LogP) is 6.78. The van der Waals surface area contributed by atoms with Gasteiger partial charge in [0, 0.05) is 25.6 Å². The van der Waals surface area contributed by atoms with Crippen molar-refractivity contribution in [2.45, 2.75) is 70.4 Å². The molecule has 0 bridgehead atoms. The summed E-state index contributed by atoms with van der Waals surface area (Å²) in [4.78, 5) is 20.4. The molecule has 0 unspecified atom stereocenters. The molecule has 4 rings (SSSR count). The van der Waals surface area contributed by atoms with Gasteiger partial charge in [-0.1, -0.05) is 45.0 Å². The van der Waals surface area contributed by atoms with Gasteiger partial charge in [0.25, 0.3) is 0 Å². The third-order valence-electron chi connectivity index (χ3n) is 6.53. The molecular formula is C25H34IN3O3Si. The van der Waals surface area contributed by atoms with E-state index in [0.29, 0.717) is 18.2 Å². The summed E-state index contributed by atoms with van der Waals surface area (Å²) in [5, 5.41) is 1.19. The zero-order valence-corrected chi connectivity index (χ0v) is 23.2. The van der Waals surface area contributed by atoms with Gasteiger partial charge < -0.3 is 19.0 Å². The number of ether oxygens (including phenoxy) is 2. The monoisotopic (exact) mass is 579 g/mol. The Kier molecular flexibility index (Phi) is 7.65. The Hall–Kier alpha value is -1.65. The van der Waals surface area contributed by atoms with Crippen molar-refractivity contribution < 1.29 is 14.3 Å². The summed E-state index contributed by atoms with van der Waals surface area (Å²) in [6, 6.07) is 7.00. The van der Waals surface area contributed by atoms with Gasteiger partial charge in [0.05, 0.1) is 24.7 Å². The van der Waals surface area contributed by atoms with Gasteiger partial charge in [-0.25, -0.2) is 9.78 Å². The average molecular weight is 580 g/mol. The average Bonchev–Trinajstić information content (AvgIpc) is 3.35. The molecule has 1 aliphatic carbocycles. The first-order chi connectivity index (χ1) is 15.8. The van der Waals surface area contributed by atoms with Crippen LogP contribution < -0.4 is 0 Å². The number of aromatic nitrogens is 3. The van der Waals surface area contributed by atoms with E-state index in [1.807, 2.05) is 18.5 Å². The highest BCUT2D eigenvalue weighted by Crippen LogP contribution is 2.43. The van der Waals surface area contributed by atoms with Crippen LogP contribution in [0.5, 0.6) is 0 Å². The molecular weight excluding hydrogens is 545 g/mol. The van der Waals surface area contributed by atoms with Gasteiger partial charge in [-0.3, -0.25) is 0 Å². The fraction of sp³-hybridized carbons (Fsp3) is 0.520. The molecule has 0 amide bonds. The molecule has 1 N–H and O–H groups in total. The Labute approximate surface area is 210 Å². The van der Waals surface area contributed by atoms with Crippen molar-refractivity contribution in [3.63, 3.8) is 0 Å². The largest absolute Gasteiger partial charge is 0.465 e. The smallest absolute Gasteiger partial charge is 0.337 e. The predicted molar refractivity (Wildman–Crippen MR) is 144 cm³/mol. The highest BCUT2D eigenvalue weighted by Gasteiger charge is 2.27. The molecule has 0 aliphatic heterocycles. The van der Waals surface area contributed by atoms with Crippen LogP contribution in [-0.4, -0.2) is 42.3 Å². The fourth-order valence-corrected chi connectivity index (χ4v) is 6.17.